The first-order chi connectivity index (χ1) is 15.5. The number of halogens is 1. The highest BCUT2D eigenvalue weighted by molar-refractivity contribution is 6.34. The maximum Gasteiger partial charge on any atom is 0.267 e. The van der Waals surface area contributed by atoms with Gasteiger partial charge < -0.3 is 20.3 Å². The predicted octanol–water partition coefficient (Wildman–Crippen LogP) is 3.69. The van der Waals surface area contributed by atoms with Crippen LogP contribution < -0.4 is 10.2 Å². The van der Waals surface area contributed by atoms with Crippen LogP contribution in [0.5, 0.6) is 0 Å². The third-order valence-electron chi connectivity index (χ3n) is 6.20. The van der Waals surface area contributed by atoms with E-state index in [9.17, 15) is 9.90 Å². The number of aliphatic hydroxyl groups is 1. The van der Waals surface area contributed by atoms with Crippen molar-refractivity contribution in [3.63, 3.8) is 0 Å². The van der Waals surface area contributed by atoms with Gasteiger partial charge in [-0.3, -0.25) is 9.69 Å². The molecule has 4 rings (SSSR count). The number of rotatable bonds is 8. The van der Waals surface area contributed by atoms with Crippen LogP contribution in [0, 0.1) is 0 Å². The highest BCUT2D eigenvalue weighted by atomic mass is 35.5. The molecule has 3 N–H and O–H groups in total. The summed E-state index contributed by atoms with van der Waals surface area (Å²) in [5.74, 6) is -0.194. The molecule has 1 aromatic heterocycles. The number of nitrogens with zero attached hydrogens (tertiary/aromatic N) is 2. The van der Waals surface area contributed by atoms with Crippen molar-refractivity contribution in [3.05, 3.63) is 64.8 Å². The van der Waals surface area contributed by atoms with Crippen LogP contribution in [0.3, 0.4) is 0 Å². The van der Waals surface area contributed by atoms with Gasteiger partial charge in [-0.1, -0.05) is 48.9 Å². The Kier molecular flexibility index (Phi) is 7.35. The summed E-state index contributed by atoms with van der Waals surface area (Å²) in [5, 5.41) is 15.1. The van der Waals surface area contributed by atoms with Gasteiger partial charge in [-0.05, 0) is 36.6 Å². The fourth-order valence-electron chi connectivity index (χ4n) is 4.23. The van der Waals surface area contributed by atoms with Gasteiger partial charge in [0.1, 0.15) is 5.69 Å². The number of aryl methyl sites for hydroxylation is 1. The van der Waals surface area contributed by atoms with Gasteiger partial charge in [0.05, 0.1) is 16.8 Å². The maximum atomic E-state index is 12.4. The number of anilines is 1. The Balaban J connectivity index is 1.20. The summed E-state index contributed by atoms with van der Waals surface area (Å²) in [4.78, 5) is 20.2. The zero-order chi connectivity index (χ0) is 22.5. The molecule has 0 radical (unpaired) electrons. The molecule has 6 nitrogen and oxygen atoms in total. The fourth-order valence-corrected chi connectivity index (χ4v) is 4.61. The van der Waals surface area contributed by atoms with Gasteiger partial charge in [0.15, 0.2) is 0 Å². The van der Waals surface area contributed by atoms with E-state index >= 15 is 0 Å². The van der Waals surface area contributed by atoms with E-state index in [1.54, 1.807) is 0 Å². The molecule has 2 heterocycles. The number of piperazine rings is 1. The van der Waals surface area contributed by atoms with Gasteiger partial charge >= 0.3 is 0 Å². The average molecular weight is 455 g/mol. The molecule has 1 aliphatic rings. The van der Waals surface area contributed by atoms with E-state index in [-0.39, 0.29) is 12.5 Å². The highest BCUT2D eigenvalue weighted by Gasteiger charge is 2.20. The molecule has 1 atom stereocenters. The van der Waals surface area contributed by atoms with Crippen LogP contribution in [0.25, 0.3) is 10.9 Å². The standard InChI is InChI=1S/C25H31ClN4O2/c1-2-18-7-5-9-23(24(18)26)30-14-12-29(13-15-30)11-10-20(31)17-27-25(32)22-16-19-6-3-4-8-21(19)28-22/h3-9,16,20,28,31H,2,10-15,17H2,1H3,(H,27,32). The first-order valence-corrected chi connectivity index (χ1v) is 11.7. The molecule has 32 heavy (non-hydrogen) atoms. The third kappa shape index (κ3) is 5.26. The lowest BCUT2D eigenvalue weighted by Crippen LogP contribution is -2.47. The predicted molar refractivity (Wildman–Crippen MR) is 131 cm³/mol. The molecule has 0 saturated carbocycles. The Morgan fingerprint density at radius 1 is 1.16 bits per heavy atom. The number of aliphatic hydroxyl groups excluding tert-OH is 1. The fraction of sp³-hybridized carbons (Fsp3) is 0.400. The molecule has 2 aromatic carbocycles. The smallest absolute Gasteiger partial charge is 0.267 e. The molecule has 1 amide bonds. The van der Waals surface area contributed by atoms with Crippen LogP contribution in [0.4, 0.5) is 5.69 Å². The summed E-state index contributed by atoms with van der Waals surface area (Å²) < 4.78 is 0. The summed E-state index contributed by atoms with van der Waals surface area (Å²) in [5.41, 5.74) is 3.75. The largest absolute Gasteiger partial charge is 0.391 e. The number of nitrogens with one attached hydrogen (secondary N) is 2. The van der Waals surface area contributed by atoms with Crippen LogP contribution in [0.1, 0.15) is 29.4 Å². The molecular weight excluding hydrogens is 424 g/mol. The molecular formula is C25H31ClN4O2. The van der Waals surface area contributed by atoms with E-state index in [2.05, 4.69) is 45.2 Å². The van der Waals surface area contributed by atoms with Crippen LogP contribution >= 0.6 is 11.6 Å². The Bertz CT molecular complexity index is 1030. The van der Waals surface area contributed by atoms with Gasteiger partial charge in [-0.25, -0.2) is 0 Å². The van der Waals surface area contributed by atoms with Crippen molar-refractivity contribution >= 4 is 34.1 Å². The minimum Gasteiger partial charge on any atom is -0.391 e. The van der Waals surface area contributed by atoms with Gasteiger partial charge in [0, 0.05) is 50.2 Å². The Morgan fingerprint density at radius 3 is 2.69 bits per heavy atom. The lowest BCUT2D eigenvalue weighted by molar-refractivity contribution is 0.0893. The topological polar surface area (TPSA) is 71.6 Å². The zero-order valence-corrected chi connectivity index (χ0v) is 19.2. The molecule has 0 spiro atoms. The van der Waals surface area contributed by atoms with Gasteiger partial charge in [-0.2, -0.15) is 0 Å². The molecule has 1 unspecified atom stereocenters. The van der Waals surface area contributed by atoms with E-state index in [1.165, 1.54) is 5.56 Å². The molecule has 7 heteroatoms. The normalized spacial score (nSPS) is 15.8. The number of aromatic nitrogens is 1. The van der Waals surface area contributed by atoms with Gasteiger partial charge in [0.2, 0.25) is 0 Å². The first kappa shape index (κ1) is 22.6. The lowest BCUT2D eigenvalue weighted by Gasteiger charge is -2.37. The molecule has 3 aromatic rings. The van der Waals surface area contributed by atoms with Gasteiger partial charge in [0.25, 0.3) is 5.91 Å². The number of para-hydroxylation sites is 1. The van der Waals surface area contributed by atoms with Crippen LogP contribution in [0.15, 0.2) is 48.5 Å². The Hall–Kier alpha value is -2.54. The van der Waals surface area contributed by atoms with E-state index in [0.29, 0.717) is 12.1 Å². The maximum absolute atomic E-state index is 12.4. The van der Waals surface area contributed by atoms with Crippen molar-refractivity contribution in [2.75, 3.05) is 44.2 Å². The second-order valence-electron chi connectivity index (χ2n) is 8.36. The van der Waals surface area contributed by atoms with Crippen molar-refractivity contribution < 1.29 is 9.90 Å². The summed E-state index contributed by atoms with van der Waals surface area (Å²) in [7, 11) is 0. The molecule has 0 aliphatic carbocycles. The minimum atomic E-state index is -0.572. The summed E-state index contributed by atoms with van der Waals surface area (Å²) >= 11 is 6.58. The summed E-state index contributed by atoms with van der Waals surface area (Å²) in [6.45, 7) is 6.87. The highest BCUT2D eigenvalue weighted by Crippen LogP contribution is 2.30. The number of carbonyl (C=O) groups excluding carboxylic acids is 1. The number of carbonyl (C=O) groups is 1. The Morgan fingerprint density at radius 2 is 1.94 bits per heavy atom. The van der Waals surface area contributed by atoms with Crippen molar-refractivity contribution in [2.24, 2.45) is 0 Å². The lowest BCUT2D eigenvalue weighted by atomic mass is 10.1. The molecule has 170 valence electrons. The van der Waals surface area contributed by atoms with Crippen molar-refractivity contribution in [1.82, 2.24) is 15.2 Å². The third-order valence-corrected chi connectivity index (χ3v) is 6.64. The number of hydrogen-bond donors (Lipinski definition) is 3. The monoisotopic (exact) mass is 454 g/mol. The quantitative estimate of drug-likeness (QED) is 0.485. The number of fused-ring (bicyclic) bond motifs is 1. The van der Waals surface area contributed by atoms with Crippen LogP contribution in [0.2, 0.25) is 5.02 Å². The summed E-state index contributed by atoms with van der Waals surface area (Å²) in [6.07, 6.45) is 0.984. The number of amides is 1. The van der Waals surface area contributed by atoms with E-state index in [4.69, 9.17) is 11.6 Å². The van der Waals surface area contributed by atoms with Crippen molar-refractivity contribution in [3.8, 4) is 0 Å². The molecule has 1 aliphatic heterocycles. The van der Waals surface area contributed by atoms with Crippen molar-refractivity contribution in [2.45, 2.75) is 25.9 Å². The van der Waals surface area contributed by atoms with E-state index in [1.807, 2.05) is 30.3 Å². The number of aromatic amines is 1. The number of benzene rings is 2. The molecule has 1 fully saturated rings. The van der Waals surface area contributed by atoms with Crippen LogP contribution in [-0.2, 0) is 6.42 Å². The van der Waals surface area contributed by atoms with Crippen LogP contribution in [-0.4, -0.2) is 66.3 Å². The number of hydrogen-bond acceptors (Lipinski definition) is 4. The van der Waals surface area contributed by atoms with E-state index in [0.717, 1.165) is 60.8 Å². The first-order valence-electron chi connectivity index (χ1n) is 11.3. The second-order valence-corrected chi connectivity index (χ2v) is 8.73. The SMILES string of the molecule is CCc1cccc(N2CCN(CCC(O)CNC(=O)c3cc4ccccc4[nH]3)CC2)c1Cl. The average Bonchev–Trinajstić information content (AvgIpc) is 3.26. The van der Waals surface area contributed by atoms with Gasteiger partial charge in [-0.15, -0.1) is 0 Å². The Labute approximate surface area is 194 Å². The zero-order valence-electron chi connectivity index (χ0n) is 18.5. The number of H-pyrrole nitrogens is 1. The summed E-state index contributed by atoms with van der Waals surface area (Å²) in [6, 6.07) is 15.9. The molecule has 0 bridgehead atoms. The second kappa shape index (κ2) is 10.4. The van der Waals surface area contributed by atoms with E-state index < -0.39 is 6.10 Å². The molecule has 1 saturated heterocycles. The van der Waals surface area contributed by atoms with Crippen molar-refractivity contribution in [1.29, 1.82) is 0 Å². The minimum absolute atomic E-state index is 0.194.